The summed E-state index contributed by atoms with van der Waals surface area (Å²) in [6, 6.07) is 3.61. The maximum Gasteiger partial charge on any atom is 0.415 e. The van der Waals surface area contributed by atoms with E-state index in [2.05, 4.69) is 25.9 Å². The Balaban J connectivity index is 1.20. The molecule has 0 unspecified atom stereocenters. The Labute approximate surface area is 167 Å². The van der Waals surface area contributed by atoms with Crippen LogP contribution in [0.1, 0.15) is 0 Å². The minimum absolute atomic E-state index is 0.0463. The third-order valence-corrected chi connectivity index (χ3v) is 4.71. The number of carbonyl (C=O) groups is 2. The number of cyclic esters (lactones) is 1. The lowest BCUT2D eigenvalue weighted by Crippen LogP contribution is -2.37. The average molecular weight is 401 g/mol. The zero-order chi connectivity index (χ0) is 20.2. The topological polar surface area (TPSA) is 120 Å². The van der Waals surface area contributed by atoms with Gasteiger partial charge in [0, 0.05) is 32.4 Å². The fourth-order valence-corrected chi connectivity index (χ4v) is 3.16. The van der Waals surface area contributed by atoms with Crippen LogP contribution in [0.2, 0.25) is 0 Å². The van der Waals surface area contributed by atoms with Crippen molar-refractivity contribution in [2.45, 2.75) is 6.10 Å². The molecule has 0 aromatic carbocycles. The molecule has 2 amide bonds. The molecule has 0 saturated carbocycles. The molecule has 0 radical (unpaired) electrons. The van der Waals surface area contributed by atoms with Crippen molar-refractivity contribution in [2.75, 3.05) is 56.6 Å². The number of ether oxygens (including phenoxy) is 2. The first-order valence-corrected chi connectivity index (χ1v) is 9.40. The normalized spacial score (nSPS) is 20.6. The Morgan fingerprint density at radius 3 is 3.07 bits per heavy atom. The molecule has 0 bridgehead atoms. The second-order valence-corrected chi connectivity index (χ2v) is 6.72. The van der Waals surface area contributed by atoms with Crippen LogP contribution in [-0.4, -0.2) is 80.6 Å². The van der Waals surface area contributed by atoms with Crippen LogP contribution in [-0.2, 0) is 9.53 Å². The van der Waals surface area contributed by atoms with Crippen molar-refractivity contribution in [1.82, 2.24) is 20.5 Å². The lowest BCUT2D eigenvalue weighted by atomic mass is 10.3. The van der Waals surface area contributed by atoms with Crippen LogP contribution >= 0.6 is 0 Å². The quantitative estimate of drug-likeness (QED) is 0.534. The van der Waals surface area contributed by atoms with Gasteiger partial charge in [-0.25, -0.2) is 4.79 Å². The number of pyridine rings is 1. The maximum atomic E-state index is 12.0. The first-order chi connectivity index (χ1) is 14.1. The predicted molar refractivity (Wildman–Crippen MR) is 106 cm³/mol. The van der Waals surface area contributed by atoms with Gasteiger partial charge in [0.05, 0.1) is 31.5 Å². The number of likely N-dealkylation sites (N-methyl/N-ethyl adjacent to an activating group) is 1. The highest BCUT2D eigenvalue weighted by molar-refractivity contribution is 6.00. The van der Waals surface area contributed by atoms with Gasteiger partial charge >= 0.3 is 6.09 Å². The van der Waals surface area contributed by atoms with E-state index in [9.17, 15) is 9.59 Å². The van der Waals surface area contributed by atoms with E-state index in [-0.39, 0.29) is 24.6 Å². The fourth-order valence-electron chi connectivity index (χ4n) is 3.16. The summed E-state index contributed by atoms with van der Waals surface area (Å²) in [7, 11) is 1.69. The molecule has 11 nitrogen and oxygen atoms in total. The summed E-state index contributed by atoms with van der Waals surface area (Å²) in [5, 5.41) is 9.34. The minimum Gasteiger partial charge on any atom is -0.476 e. The average Bonchev–Trinajstić information content (AvgIpc) is 3.12. The van der Waals surface area contributed by atoms with Crippen LogP contribution in [0.5, 0.6) is 5.88 Å². The largest absolute Gasteiger partial charge is 0.476 e. The SMILES string of the molecule is CN1C(=O)CNc2ccc(OCCNC[C@H]3CN(C4=CN=CCN4)C(=O)O3)nc21. The molecule has 1 aromatic heterocycles. The summed E-state index contributed by atoms with van der Waals surface area (Å²) < 4.78 is 11.0. The highest BCUT2D eigenvalue weighted by Gasteiger charge is 2.33. The Morgan fingerprint density at radius 2 is 2.24 bits per heavy atom. The Morgan fingerprint density at radius 1 is 1.34 bits per heavy atom. The number of aliphatic imine (C=N–C) groups is 1. The van der Waals surface area contributed by atoms with Gasteiger partial charge in [-0.2, -0.15) is 4.98 Å². The van der Waals surface area contributed by atoms with Crippen molar-refractivity contribution in [3.05, 3.63) is 24.2 Å². The van der Waals surface area contributed by atoms with Crippen molar-refractivity contribution < 1.29 is 19.1 Å². The smallest absolute Gasteiger partial charge is 0.415 e. The van der Waals surface area contributed by atoms with Gasteiger partial charge in [-0.3, -0.25) is 19.6 Å². The number of nitrogens with one attached hydrogen (secondary N) is 3. The second kappa shape index (κ2) is 8.35. The second-order valence-electron chi connectivity index (χ2n) is 6.72. The standard InChI is InChI=1S/C18H23N7O4/c1-24-16(26)10-22-13-2-3-15(23-17(13)24)28-7-6-20-8-12-11-25(18(27)29-12)14-9-19-4-5-21-14/h2-4,9,12,20-22H,5-8,10-11H2,1H3/t12-/m0/s1. The Hall–Kier alpha value is -3.34. The number of aromatic nitrogens is 1. The molecular formula is C18H23N7O4. The Bertz CT molecular complexity index is 857. The van der Waals surface area contributed by atoms with E-state index in [0.29, 0.717) is 50.3 Å². The van der Waals surface area contributed by atoms with Crippen LogP contribution in [0.25, 0.3) is 0 Å². The molecule has 11 heteroatoms. The summed E-state index contributed by atoms with van der Waals surface area (Å²) in [6.07, 6.45) is 2.71. The molecule has 3 aliphatic heterocycles. The van der Waals surface area contributed by atoms with Crippen molar-refractivity contribution in [1.29, 1.82) is 0 Å². The van der Waals surface area contributed by atoms with Gasteiger partial charge in [-0.15, -0.1) is 0 Å². The predicted octanol–water partition coefficient (Wildman–Crippen LogP) is -0.268. The third-order valence-electron chi connectivity index (χ3n) is 4.71. The number of amides is 2. The van der Waals surface area contributed by atoms with E-state index in [1.165, 1.54) is 4.90 Å². The van der Waals surface area contributed by atoms with Crippen molar-refractivity contribution in [3.63, 3.8) is 0 Å². The molecule has 1 saturated heterocycles. The van der Waals surface area contributed by atoms with Crippen LogP contribution in [0.4, 0.5) is 16.3 Å². The highest BCUT2D eigenvalue weighted by atomic mass is 16.6. The summed E-state index contributed by atoms with van der Waals surface area (Å²) in [5.41, 5.74) is 0.804. The van der Waals surface area contributed by atoms with Crippen LogP contribution in [0.15, 0.2) is 29.1 Å². The summed E-state index contributed by atoms with van der Waals surface area (Å²) in [6.45, 7) is 2.78. The summed E-state index contributed by atoms with van der Waals surface area (Å²) in [4.78, 5) is 35.3. The van der Waals surface area contributed by atoms with Crippen LogP contribution < -0.4 is 25.6 Å². The molecule has 29 heavy (non-hydrogen) atoms. The van der Waals surface area contributed by atoms with Crippen molar-refractivity contribution in [2.24, 2.45) is 4.99 Å². The monoisotopic (exact) mass is 401 g/mol. The highest BCUT2D eigenvalue weighted by Crippen LogP contribution is 2.28. The minimum atomic E-state index is -0.380. The molecule has 1 aromatic rings. The van der Waals surface area contributed by atoms with Gasteiger partial charge in [0.25, 0.3) is 0 Å². The van der Waals surface area contributed by atoms with E-state index >= 15 is 0 Å². The van der Waals surface area contributed by atoms with Gasteiger partial charge < -0.3 is 25.4 Å². The molecule has 1 atom stereocenters. The molecule has 3 N–H and O–H groups in total. The van der Waals surface area contributed by atoms with Crippen LogP contribution in [0, 0.1) is 0 Å². The number of fused-ring (bicyclic) bond motifs is 1. The Kier molecular flexibility index (Phi) is 5.47. The van der Waals surface area contributed by atoms with E-state index < -0.39 is 0 Å². The molecule has 154 valence electrons. The van der Waals surface area contributed by atoms with Crippen molar-refractivity contribution in [3.8, 4) is 5.88 Å². The van der Waals surface area contributed by atoms with Gasteiger partial charge in [0.15, 0.2) is 5.82 Å². The van der Waals surface area contributed by atoms with Crippen molar-refractivity contribution >= 4 is 29.7 Å². The molecule has 0 aliphatic carbocycles. The summed E-state index contributed by atoms with van der Waals surface area (Å²) >= 11 is 0. The zero-order valence-corrected chi connectivity index (χ0v) is 16.1. The lowest BCUT2D eigenvalue weighted by molar-refractivity contribution is -0.116. The number of rotatable bonds is 7. The van der Waals surface area contributed by atoms with E-state index in [4.69, 9.17) is 9.47 Å². The molecule has 4 rings (SSSR count). The molecule has 3 aliphatic rings. The van der Waals surface area contributed by atoms with E-state index in [0.717, 1.165) is 5.69 Å². The number of hydrogen-bond acceptors (Lipinski definition) is 9. The number of anilines is 2. The maximum absolute atomic E-state index is 12.0. The third kappa shape index (κ3) is 4.24. The zero-order valence-electron chi connectivity index (χ0n) is 16.1. The van der Waals surface area contributed by atoms with Crippen LogP contribution in [0.3, 0.4) is 0 Å². The number of hydrogen-bond donors (Lipinski definition) is 3. The number of nitrogens with zero attached hydrogens (tertiary/aromatic N) is 4. The molecule has 1 fully saturated rings. The van der Waals surface area contributed by atoms with Gasteiger partial charge in [-0.05, 0) is 6.07 Å². The van der Waals surface area contributed by atoms with E-state index in [1.807, 2.05) is 6.07 Å². The molecule has 4 heterocycles. The first kappa shape index (κ1) is 19.0. The van der Waals surface area contributed by atoms with Gasteiger partial charge in [0.1, 0.15) is 18.5 Å². The van der Waals surface area contributed by atoms with Gasteiger partial charge in [-0.1, -0.05) is 0 Å². The lowest BCUT2D eigenvalue weighted by Gasteiger charge is -2.25. The number of carbonyl (C=O) groups excluding carboxylic acids is 2. The van der Waals surface area contributed by atoms with Gasteiger partial charge in [0.2, 0.25) is 11.8 Å². The molecular weight excluding hydrogens is 378 g/mol. The fraction of sp³-hybridized carbons (Fsp3) is 0.444. The van der Waals surface area contributed by atoms with E-state index in [1.54, 1.807) is 30.4 Å². The molecule has 0 spiro atoms. The first-order valence-electron chi connectivity index (χ1n) is 9.40. The summed E-state index contributed by atoms with van der Waals surface area (Å²) in [5.74, 6) is 1.61.